The third-order valence-electron chi connectivity index (χ3n) is 1.52. The van der Waals surface area contributed by atoms with Crippen LogP contribution in [0, 0.1) is 0 Å². The fourth-order valence-electron chi connectivity index (χ4n) is 0.920. The van der Waals surface area contributed by atoms with E-state index in [1.807, 2.05) is 0 Å². The minimum Gasteiger partial charge on any atom is -0.507 e. The number of phenols is 1. The SMILES string of the molecule is CC(=O)c1cc(N=[N+]=[N-])ccc1O. The largest absolute Gasteiger partial charge is 0.507 e. The number of hydrogen-bond acceptors (Lipinski definition) is 3. The first-order chi connectivity index (χ1) is 6.15. The zero-order chi connectivity index (χ0) is 9.84. The van der Waals surface area contributed by atoms with Crippen LogP contribution in [0.3, 0.4) is 0 Å². The van der Waals surface area contributed by atoms with Crippen molar-refractivity contribution in [1.82, 2.24) is 0 Å². The predicted molar refractivity (Wildman–Crippen MR) is 46.9 cm³/mol. The molecule has 0 bridgehead atoms. The highest BCUT2D eigenvalue weighted by molar-refractivity contribution is 5.97. The highest BCUT2D eigenvalue weighted by atomic mass is 16.3. The van der Waals surface area contributed by atoms with Crippen molar-refractivity contribution in [2.75, 3.05) is 0 Å². The first-order valence-electron chi connectivity index (χ1n) is 3.54. The number of aromatic hydroxyl groups is 1. The van der Waals surface area contributed by atoms with E-state index in [4.69, 9.17) is 5.53 Å². The zero-order valence-electron chi connectivity index (χ0n) is 6.93. The smallest absolute Gasteiger partial charge is 0.163 e. The number of phenolic OH excluding ortho intramolecular Hbond substituents is 1. The van der Waals surface area contributed by atoms with E-state index in [2.05, 4.69) is 10.0 Å². The lowest BCUT2D eigenvalue weighted by atomic mass is 10.1. The van der Waals surface area contributed by atoms with Crippen LogP contribution < -0.4 is 0 Å². The van der Waals surface area contributed by atoms with Gasteiger partial charge >= 0.3 is 0 Å². The second kappa shape index (κ2) is 3.60. The van der Waals surface area contributed by atoms with Gasteiger partial charge in [-0.3, -0.25) is 4.79 Å². The first kappa shape index (κ1) is 9.09. The van der Waals surface area contributed by atoms with Crippen LogP contribution in [0.25, 0.3) is 10.4 Å². The molecule has 1 rings (SSSR count). The van der Waals surface area contributed by atoms with E-state index in [0.29, 0.717) is 5.69 Å². The molecule has 13 heavy (non-hydrogen) atoms. The van der Waals surface area contributed by atoms with Crippen LogP contribution in [0.15, 0.2) is 23.3 Å². The number of benzene rings is 1. The van der Waals surface area contributed by atoms with Gasteiger partial charge in [-0.25, -0.2) is 0 Å². The molecular formula is C8H7N3O2. The van der Waals surface area contributed by atoms with E-state index < -0.39 is 0 Å². The van der Waals surface area contributed by atoms with Crippen LogP contribution in [0.4, 0.5) is 5.69 Å². The number of Topliss-reactive ketones (excluding diaryl/α,β-unsaturated/α-hetero) is 1. The van der Waals surface area contributed by atoms with E-state index in [1.54, 1.807) is 0 Å². The summed E-state index contributed by atoms with van der Waals surface area (Å²) in [6, 6.07) is 4.10. The summed E-state index contributed by atoms with van der Waals surface area (Å²) in [5.74, 6) is -0.378. The van der Waals surface area contributed by atoms with Crippen molar-refractivity contribution in [3.8, 4) is 5.75 Å². The topological polar surface area (TPSA) is 86.1 Å². The molecular weight excluding hydrogens is 170 g/mol. The Kier molecular flexibility index (Phi) is 2.52. The van der Waals surface area contributed by atoms with Gasteiger partial charge in [-0.1, -0.05) is 5.11 Å². The molecule has 0 aliphatic heterocycles. The molecule has 1 N–H and O–H groups in total. The Morgan fingerprint density at radius 3 is 2.85 bits per heavy atom. The van der Waals surface area contributed by atoms with Crippen molar-refractivity contribution >= 4 is 11.5 Å². The van der Waals surface area contributed by atoms with Crippen molar-refractivity contribution < 1.29 is 9.90 Å². The Morgan fingerprint density at radius 1 is 1.62 bits per heavy atom. The average molecular weight is 177 g/mol. The summed E-state index contributed by atoms with van der Waals surface area (Å²) in [6.45, 7) is 1.33. The number of azide groups is 1. The summed E-state index contributed by atoms with van der Waals surface area (Å²) >= 11 is 0. The van der Waals surface area contributed by atoms with Gasteiger partial charge in [0.05, 0.1) is 5.56 Å². The van der Waals surface area contributed by atoms with Crippen molar-refractivity contribution in [2.24, 2.45) is 5.11 Å². The van der Waals surface area contributed by atoms with Gasteiger partial charge in [0.1, 0.15) is 5.75 Å². The van der Waals surface area contributed by atoms with Crippen LogP contribution in [0.2, 0.25) is 0 Å². The summed E-state index contributed by atoms with van der Waals surface area (Å²) in [5, 5.41) is 12.5. The average Bonchev–Trinajstić information content (AvgIpc) is 2.08. The second-order valence-corrected chi connectivity index (χ2v) is 2.45. The van der Waals surface area contributed by atoms with Crippen molar-refractivity contribution in [1.29, 1.82) is 0 Å². The van der Waals surface area contributed by atoms with Gasteiger partial charge in [-0.15, -0.1) is 0 Å². The van der Waals surface area contributed by atoms with Crippen molar-refractivity contribution in [3.63, 3.8) is 0 Å². The van der Waals surface area contributed by atoms with Crippen LogP contribution in [-0.2, 0) is 0 Å². The zero-order valence-corrected chi connectivity index (χ0v) is 6.93. The minimum atomic E-state index is -0.271. The Morgan fingerprint density at radius 2 is 2.31 bits per heavy atom. The molecule has 1 aromatic carbocycles. The molecule has 5 heteroatoms. The van der Waals surface area contributed by atoms with Crippen LogP contribution in [0.1, 0.15) is 17.3 Å². The van der Waals surface area contributed by atoms with Gasteiger partial charge in [-0.2, -0.15) is 0 Å². The second-order valence-electron chi connectivity index (χ2n) is 2.45. The maximum atomic E-state index is 10.9. The molecule has 0 saturated carbocycles. The van der Waals surface area contributed by atoms with Gasteiger partial charge in [0.15, 0.2) is 5.78 Å². The third-order valence-corrected chi connectivity index (χ3v) is 1.52. The number of ketones is 1. The highest BCUT2D eigenvalue weighted by Gasteiger charge is 2.05. The van der Waals surface area contributed by atoms with Crippen LogP contribution in [0.5, 0.6) is 5.75 Å². The van der Waals surface area contributed by atoms with E-state index in [9.17, 15) is 9.90 Å². The minimum absolute atomic E-state index is 0.107. The molecule has 66 valence electrons. The molecule has 1 aromatic rings. The number of carbonyl (C=O) groups is 1. The van der Waals surface area contributed by atoms with E-state index in [-0.39, 0.29) is 17.1 Å². The molecule has 0 radical (unpaired) electrons. The summed E-state index contributed by atoms with van der Waals surface area (Å²) in [5.41, 5.74) is 8.60. The lowest BCUT2D eigenvalue weighted by Gasteiger charge is -2.00. The molecule has 0 heterocycles. The molecule has 0 spiro atoms. The first-order valence-corrected chi connectivity index (χ1v) is 3.54. The van der Waals surface area contributed by atoms with Gasteiger partial charge < -0.3 is 5.11 Å². The molecule has 0 saturated heterocycles. The monoisotopic (exact) mass is 177 g/mol. The third kappa shape index (κ3) is 1.98. The quantitative estimate of drug-likeness (QED) is 0.325. The Bertz CT molecular complexity index is 394. The summed E-state index contributed by atoms with van der Waals surface area (Å²) in [7, 11) is 0. The van der Waals surface area contributed by atoms with Crippen LogP contribution >= 0.6 is 0 Å². The highest BCUT2D eigenvalue weighted by Crippen LogP contribution is 2.23. The van der Waals surface area contributed by atoms with Gasteiger partial charge in [0, 0.05) is 10.6 Å². The standard InChI is InChI=1S/C8H7N3O2/c1-5(12)7-4-6(10-11-9)2-3-8(7)13/h2-4,13H,1H3. The number of hydrogen-bond donors (Lipinski definition) is 1. The fourth-order valence-corrected chi connectivity index (χ4v) is 0.920. The molecule has 0 atom stereocenters. The Hall–Kier alpha value is -2.00. The molecule has 0 aliphatic rings. The Labute approximate surface area is 74.3 Å². The fraction of sp³-hybridized carbons (Fsp3) is 0.125. The van der Waals surface area contributed by atoms with Crippen molar-refractivity contribution in [3.05, 3.63) is 34.2 Å². The Balaban J connectivity index is 3.26. The molecule has 0 aromatic heterocycles. The molecule has 0 unspecified atom stereocenters. The predicted octanol–water partition coefficient (Wildman–Crippen LogP) is 2.54. The lowest BCUT2D eigenvalue weighted by Crippen LogP contribution is -1.91. The number of carbonyl (C=O) groups excluding carboxylic acids is 1. The van der Waals surface area contributed by atoms with Gasteiger partial charge in [0.2, 0.25) is 0 Å². The van der Waals surface area contributed by atoms with E-state index in [0.717, 1.165) is 0 Å². The normalized spacial score (nSPS) is 9.00. The lowest BCUT2D eigenvalue weighted by molar-refractivity contribution is 0.101. The van der Waals surface area contributed by atoms with E-state index in [1.165, 1.54) is 25.1 Å². The van der Waals surface area contributed by atoms with Gasteiger partial charge in [0.25, 0.3) is 0 Å². The molecule has 0 fully saturated rings. The van der Waals surface area contributed by atoms with Crippen LogP contribution in [-0.4, -0.2) is 10.9 Å². The van der Waals surface area contributed by atoms with E-state index >= 15 is 0 Å². The van der Waals surface area contributed by atoms with Gasteiger partial charge in [-0.05, 0) is 30.7 Å². The summed E-state index contributed by atoms with van der Waals surface area (Å²) < 4.78 is 0. The maximum Gasteiger partial charge on any atom is 0.163 e. The van der Waals surface area contributed by atoms with Crippen molar-refractivity contribution in [2.45, 2.75) is 6.92 Å². The number of nitrogens with zero attached hydrogens (tertiary/aromatic N) is 3. The molecule has 0 aliphatic carbocycles. The number of rotatable bonds is 2. The molecule has 0 amide bonds. The summed E-state index contributed by atoms with van der Waals surface area (Å²) in [4.78, 5) is 13.5. The molecule has 5 nitrogen and oxygen atoms in total. The summed E-state index contributed by atoms with van der Waals surface area (Å²) in [6.07, 6.45) is 0. The maximum absolute atomic E-state index is 10.9.